The van der Waals surface area contributed by atoms with Crippen molar-refractivity contribution in [1.29, 1.82) is 0 Å². The number of aromatic nitrogens is 1. The zero-order chi connectivity index (χ0) is 21.2. The van der Waals surface area contributed by atoms with Crippen LogP contribution in [0.15, 0.2) is 22.7 Å². The average molecular weight is 401 g/mol. The molecule has 0 unspecified atom stereocenters. The Kier molecular flexibility index (Phi) is 5.71. The maximum atomic E-state index is 13.2. The number of esters is 1. The number of nitrogens with one attached hydrogen (secondary N) is 1. The Labute approximate surface area is 155 Å². The van der Waals surface area contributed by atoms with E-state index in [0.29, 0.717) is 6.07 Å². The number of carbonyl (C=O) groups excluding carboxylic acids is 2. The lowest BCUT2D eigenvalue weighted by Crippen LogP contribution is -2.31. The lowest BCUT2D eigenvalue weighted by Gasteiger charge is -2.16. The Morgan fingerprint density at radius 3 is 2.46 bits per heavy atom. The van der Waals surface area contributed by atoms with Gasteiger partial charge in [0.1, 0.15) is 11.3 Å². The highest BCUT2D eigenvalue weighted by atomic mass is 19.4. The molecule has 0 saturated carbocycles. The predicted octanol–water partition coefficient (Wildman–Crippen LogP) is 3.40. The van der Waals surface area contributed by atoms with Gasteiger partial charge in [-0.05, 0) is 26.8 Å². The molecular formula is C16H14F3N3O6. The number of alkyl halides is 3. The lowest BCUT2D eigenvalue weighted by molar-refractivity contribution is -0.385. The van der Waals surface area contributed by atoms with E-state index in [1.54, 1.807) is 0 Å². The van der Waals surface area contributed by atoms with E-state index >= 15 is 0 Å². The van der Waals surface area contributed by atoms with E-state index in [1.807, 2.05) is 5.32 Å². The molecule has 0 bridgehead atoms. The molecule has 1 aromatic carbocycles. The van der Waals surface area contributed by atoms with Crippen LogP contribution in [0.1, 0.15) is 34.3 Å². The number of nitro benzene ring substituents is 1. The molecule has 0 spiro atoms. The van der Waals surface area contributed by atoms with Crippen LogP contribution in [-0.4, -0.2) is 28.1 Å². The number of carbonyl (C=O) groups is 2. The smallest absolute Gasteiger partial charge is 0.418 e. The van der Waals surface area contributed by atoms with E-state index in [4.69, 9.17) is 9.26 Å². The van der Waals surface area contributed by atoms with Gasteiger partial charge in [-0.25, -0.2) is 4.79 Å². The molecule has 0 saturated heterocycles. The van der Waals surface area contributed by atoms with Gasteiger partial charge in [-0.15, -0.1) is 0 Å². The molecule has 0 aliphatic rings. The molecule has 1 aromatic heterocycles. The first-order valence-corrected chi connectivity index (χ1v) is 7.72. The van der Waals surface area contributed by atoms with Gasteiger partial charge < -0.3 is 14.6 Å². The third-order valence-electron chi connectivity index (χ3n) is 3.67. The fourth-order valence-corrected chi connectivity index (χ4v) is 2.27. The van der Waals surface area contributed by atoms with Crippen LogP contribution in [0.3, 0.4) is 0 Å². The summed E-state index contributed by atoms with van der Waals surface area (Å²) in [7, 11) is 0. The van der Waals surface area contributed by atoms with Crippen LogP contribution in [0.4, 0.5) is 24.5 Å². The second kappa shape index (κ2) is 7.66. The molecule has 150 valence electrons. The molecule has 0 radical (unpaired) electrons. The van der Waals surface area contributed by atoms with Crippen molar-refractivity contribution in [1.82, 2.24) is 5.16 Å². The van der Waals surface area contributed by atoms with E-state index < -0.39 is 46.0 Å². The van der Waals surface area contributed by atoms with Crippen molar-refractivity contribution < 1.29 is 36.9 Å². The number of rotatable bonds is 5. The lowest BCUT2D eigenvalue weighted by atomic mass is 10.1. The van der Waals surface area contributed by atoms with Gasteiger partial charge in [0, 0.05) is 12.1 Å². The second-order valence-electron chi connectivity index (χ2n) is 5.72. The summed E-state index contributed by atoms with van der Waals surface area (Å²) >= 11 is 0. The van der Waals surface area contributed by atoms with Crippen LogP contribution in [0, 0.1) is 24.0 Å². The van der Waals surface area contributed by atoms with Crippen LogP contribution < -0.4 is 5.32 Å². The highest BCUT2D eigenvalue weighted by Crippen LogP contribution is 2.37. The Morgan fingerprint density at radius 2 is 1.96 bits per heavy atom. The van der Waals surface area contributed by atoms with Crippen molar-refractivity contribution in [2.75, 3.05) is 5.32 Å². The highest BCUT2D eigenvalue weighted by molar-refractivity contribution is 5.98. The zero-order valence-electron chi connectivity index (χ0n) is 14.8. The van der Waals surface area contributed by atoms with Crippen LogP contribution >= 0.6 is 0 Å². The van der Waals surface area contributed by atoms with E-state index in [1.165, 1.54) is 13.8 Å². The molecule has 0 aliphatic heterocycles. The molecule has 2 rings (SSSR count). The van der Waals surface area contributed by atoms with E-state index in [2.05, 4.69) is 5.16 Å². The fourth-order valence-electron chi connectivity index (χ4n) is 2.27. The van der Waals surface area contributed by atoms with Gasteiger partial charge >= 0.3 is 12.1 Å². The van der Waals surface area contributed by atoms with Crippen molar-refractivity contribution in [3.05, 3.63) is 50.9 Å². The summed E-state index contributed by atoms with van der Waals surface area (Å²) in [6.45, 7) is 4.09. The number of hydrogen-bond acceptors (Lipinski definition) is 7. The number of non-ortho nitro benzene ring substituents is 1. The minimum absolute atomic E-state index is 0.00552. The molecule has 1 atom stereocenters. The summed E-state index contributed by atoms with van der Waals surface area (Å²) in [6, 6.07) is 1.86. The summed E-state index contributed by atoms with van der Waals surface area (Å²) in [6.07, 6.45) is -6.41. The minimum Gasteiger partial charge on any atom is -0.449 e. The van der Waals surface area contributed by atoms with Crippen LogP contribution in [0.2, 0.25) is 0 Å². The van der Waals surface area contributed by atoms with Crippen molar-refractivity contribution >= 4 is 23.3 Å². The summed E-state index contributed by atoms with van der Waals surface area (Å²) in [5.41, 5.74) is -2.67. The van der Waals surface area contributed by atoms with Gasteiger partial charge in [0.15, 0.2) is 6.10 Å². The number of amides is 1. The molecule has 9 nitrogen and oxygen atoms in total. The summed E-state index contributed by atoms with van der Waals surface area (Å²) in [4.78, 5) is 34.0. The SMILES string of the molecule is Cc1noc(C)c1C(=O)O[C@@H](C)C(=O)Nc1ccc([N+](=O)[O-])cc1C(F)(F)F. The topological polar surface area (TPSA) is 125 Å². The number of nitro groups is 1. The number of anilines is 1. The van der Waals surface area contributed by atoms with E-state index in [9.17, 15) is 32.9 Å². The first-order valence-electron chi connectivity index (χ1n) is 7.72. The van der Waals surface area contributed by atoms with Crippen LogP contribution in [0.5, 0.6) is 0 Å². The van der Waals surface area contributed by atoms with Crippen molar-refractivity contribution in [2.45, 2.75) is 33.1 Å². The zero-order valence-corrected chi connectivity index (χ0v) is 14.8. The number of benzene rings is 1. The number of hydrogen-bond donors (Lipinski definition) is 1. The van der Waals surface area contributed by atoms with Crippen molar-refractivity contribution in [2.24, 2.45) is 0 Å². The molecule has 1 N–H and O–H groups in total. The highest BCUT2D eigenvalue weighted by Gasteiger charge is 2.36. The number of halogens is 3. The van der Waals surface area contributed by atoms with Gasteiger partial charge in [-0.2, -0.15) is 13.2 Å². The monoisotopic (exact) mass is 401 g/mol. The molecular weight excluding hydrogens is 387 g/mol. The first-order chi connectivity index (χ1) is 12.9. The predicted molar refractivity (Wildman–Crippen MR) is 87.6 cm³/mol. The molecule has 2 aromatic rings. The molecule has 1 heterocycles. The Morgan fingerprint density at radius 1 is 1.32 bits per heavy atom. The third-order valence-corrected chi connectivity index (χ3v) is 3.67. The molecule has 0 aliphatic carbocycles. The van der Waals surface area contributed by atoms with Crippen LogP contribution in [0.25, 0.3) is 0 Å². The molecule has 28 heavy (non-hydrogen) atoms. The number of ether oxygens (including phenoxy) is 1. The Balaban J connectivity index is 2.20. The largest absolute Gasteiger partial charge is 0.449 e. The summed E-state index contributed by atoms with van der Waals surface area (Å²) < 4.78 is 49.2. The number of nitrogens with zero attached hydrogens (tertiary/aromatic N) is 2. The van der Waals surface area contributed by atoms with Gasteiger partial charge in [0.2, 0.25) is 0 Å². The van der Waals surface area contributed by atoms with E-state index in [-0.39, 0.29) is 17.0 Å². The Hall–Kier alpha value is -3.44. The van der Waals surface area contributed by atoms with Gasteiger partial charge in [0.05, 0.1) is 21.9 Å². The van der Waals surface area contributed by atoms with Gasteiger partial charge in [-0.1, -0.05) is 5.16 Å². The van der Waals surface area contributed by atoms with Crippen LogP contribution in [-0.2, 0) is 15.7 Å². The Bertz CT molecular complexity index is 919. The second-order valence-corrected chi connectivity index (χ2v) is 5.72. The van der Waals surface area contributed by atoms with Crippen molar-refractivity contribution in [3.63, 3.8) is 0 Å². The molecule has 0 fully saturated rings. The van der Waals surface area contributed by atoms with Gasteiger partial charge in [-0.3, -0.25) is 14.9 Å². The number of aryl methyl sites for hydroxylation is 2. The summed E-state index contributed by atoms with van der Waals surface area (Å²) in [5.74, 6) is -1.83. The van der Waals surface area contributed by atoms with Gasteiger partial charge in [0.25, 0.3) is 11.6 Å². The van der Waals surface area contributed by atoms with E-state index in [0.717, 1.165) is 19.1 Å². The molecule has 1 amide bonds. The summed E-state index contributed by atoms with van der Waals surface area (Å²) in [5, 5.41) is 16.2. The van der Waals surface area contributed by atoms with Crippen molar-refractivity contribution in [3.8, 4) is 0 Å². The molecule has 12 heteroatoms. The minimum atomic E-state index is -4.95. The third kappa shape index (κ3) is 4.45. The fraction of sp³-hybridized carbons (Fsp3) is 0.312. The quantitative estimate of drug-likeness (QED) is 0.462. The standard InChI is InChI=1S/C16H14F3N3O6/c1-7-13(8(2)28-21-7)15(24)27-9(3)14(23)20-12-5-4-10(22(25)26)6-11(12)16(17,18)19/h4-6,9H,1-3H3,(H,20,23)/t9-/m0/s1. The average Bonchev–Trinajstić information content (AvgIpc) is 2.92. The normalized spacial score (nSPS) is 12.4. The first kappa shape index (κ1) is 20.9. The maximum absolute atomic E-state index is 13.2. The maximum Gasteiger partial charge on any atom is 0.418 e.